The van der Waals surface area contributed by atoms with Crippen LogP contribution in [-0.4, -0.2) is 37.3 Å². The van der Waals surface area contributed by atoms with Crippen molar-refractivity contribution in [2.45, 2.75) is 20.8 Å². The maximum atomic E-state index is 6.01. The molecule has 0 spiro atoms. The van der Waals surface area contributed by atoms with E-state index in [2.05, 4.69) is 87.5 Å². The monoisotopic (exact) mass is 348 g/mol. The van der Waals surface area contributed by atoms with E-state index in [1.54, 1.807) is 0 Å². The fourth-order valence-corrected chi connectivity index (χ4v) is 3.61. The van der Waals surface area contributed by atoms with Gasteiger partial charge in [-0.05, 0) is 60.9 Å². The van der Waals surface area contributed by atoms with Gasteiger partial charge in [0, 0.05) is 0 Å². The molecule has 0 aliphatic rings. The van der Waals surface area contributed by atoms with Crippen molar-refractivity contribution < 1.29 is 9.22 Å². The quantitative estimate of drug-likeness (QED) is 0.470. The van der Waals surface area contributed by atoms with E-state index in [4.69, 9.17) is 4.74 Å². The van der Waals surface area contributed by atoms with Gasteiger partial charge < -0.3 is 9.22 Å². The van der Waals surface area contributed by atoms with Crippen LogP contribution >= 0.6 is 0 Å². The number of ether oxygens (including phenoxy) is 1. The summed E-state index contributed by atoms with van der Waals surface area (Å²) in [6.45, 7) is 12.1. The van der Waals surface area contributed by atoms with Gasteiger partial charge in [-0.1, -0.05) is 48.5 Å². The number of hydrogen-bond donors (Lipinski definition) is 0. The number of quaternary nitrogens is 1. The summed E-state index contributed by atoms with van der Waals surface area (Å²) in [7, 11) is 0. The van der Waals surface area contributed by atoms with Crippen LogP contribution in [-0.2, 0) is 0 Å². The molecule has 3 rings (SSSR count). The minimum Gasteiger partial charge on any atom is -0.488 e. The lowest BCUT2D eigenvalue weighted by atomic mass is 10.0. The summed E-state index contributed by atoms with van der Waals surface area (Å²) >= 11 is 0. The molecule has 2 heteroatoms. The van der Waals surface area contributed by atoms with E-state index < -0.39 is 0 Å². The van der Waals surface area contributed by atoms with Gasteiger partial charge in [-0.2, -0.15) is 0 Å². The van der Waals surface area contributed by atoms with E-state index in [0.29, 0.717) is 0 Å². The molecule has 0 N–H and O–H groups in total. The molecule has 26 heavy (non-hydrogen) atoms. The Balaban J connectivity index is 1.66. The van der Waals surface area contributed by atoms with Crippen molar-refractivity contribution in [3.05, 3.63) is 66.7 Å². The van der Waals surface area contributed by atoms with Gasteiger partial charge in [-0.25, -0.2) is 0 Å². The molecule has 0 saturated carbocycles. The number of fused-ring (bicyclic) bond motifs is 1. The highest BCUT2D eigenvalue weighted by Gasteiger charge is 2.20. The lowest BCUT2D eigenvalue weighted by Crippen LogP contribution is -2.49. The van der Waals surface area contributed by atoms with Crippen molar-refractivity contribution in [1.82, 2.24) is 0 Å². The molecular weight excluding hydrogens is 318 g/mol. The van der Waals surface area contributed by atoms with E-state index >= 15 is 0 Å². The first kappa shape index (κ1) is 18.5. The second-order valence-corrected chi connectivity index (χ2v) is 6.95. The molecule has 3 aromatic carbocycles. The Morgan fingerprint density at radius 1 is 0.692 bits per heavy atom. The Morgan fingerprint density at radius 2 is 1.31 bits per heavy atom. The molecule has 0 saturated heterocycles. The maximum Gasteiger partial charge on any atom is 0.137 e. The number of hydrogen-bond acceptors (Lipinski definition) is 1. The number of likely N-dealkylation sites (N-methyl/N-ethyl adjacent to an activating group) is 1. The van der Waals surface area contributed by atoms with Crippen LogP contribution in [0.15, 0.2) is 66.7 Å². The largest absolute Gasteiger partial charge is 0.488 e. The lowest BCUT2D eigenvalue weighted by molar-refractivity contribution is -0.923. The third-order valence-corrected chi connectivity index (χ3v) is 5.78. The van der Waals surface area contributed by atoms with E-state index in [-0.39, 0.29) is 0 Å². The highest BCUT2D eigenvalue weighted by Crippen LogP contribution is 2.26. The van der Waals surface area contributed by atoms with Gasteiger partial charge in [0.15, 0.2) is 0 Å². The summed E-state index contributed by atoms with van der Waals surface area (Å²) in [6.07, 6.45) is 0. The minimum atomic E-state index is 0.769. The molecule has 3 aromatic rings. The summed E-state index contributed by atoms with van der Waals surface area (Å²) in [5, 5.41) is 2.55. The molecule has 0 bridgehead atoms. The Labute approximate surface area is 157 Å². The van der Waals surface area contributed by atoms with Gasteiger partial charge in [0.1, 0.15) is 18.9 Å². The van der Waals surface area contributed by atoms with Crippen LogP contribution in [0.4, 0.5) is 0 Å². The molecule has 0 aliphatic carbocycles. The zero-order valence-corrected chi connectivity index (χ0v) is 16.2. The molecule has 0 heterocycles. The van der Waals surface area contributed by atoms with Crippen LogP contribution < -0.4 is 4.74 Å². The van der Waals surface area contributed by atoms with Gasteiger partial charge in [0.25, 0.3) is 0 Å². The summed E-state index contributed by atoms with van der Waals surface area (Å²) in [6, 6.07) is 23.6. The van der Waals surface area contributed by atoms with Crippen molar-refractivity contribution in [3.8, 4) is 16.9 Å². The summed E-state index contributed by atoms with van der Waals surface area (Å²) in [5.41, 5.74) is 2.47. The normalized spacial score (nSPS) is 11.7. The standard InChI is InChI=1S/C24H30NO/c1-4-25(5-2,6-3)17-18-26-24-15-13-21(14-16-24)23-12-11-20-9-7-8-10-22(20)19-23/h7-16,19H,4-6,17-18H2,1-3H3/q+1. The predicted octanol–water partition coefficient (Wildman–Crippen LogP) is 5.76. The second kappa shape index (κ2) is 8.37. The first-order chi connectivity index (χ1) is 12.7. The van der Waals surface area contributed by atoms with Crippen molar-refractivity contribution in [2.75, 3.05) is 32.8 Å². The Bertz CT molecular complexity index is 826. The average molecular weight is 349 g/mol. The topological polar surface area (TPSA) is 9.23 Å². The molecule has 0 fully saturated rings. The maximum absolute atomic E-state index is 6.01. The Hall–Kier alpha value is -2.32. The summed E-state index contributed by atoms with van der Waals surface area (Å²) in [4.78, 5) is 0. The summed E-state index contributed by atoms with van der Waals surface area (Å²) < 4.78 is 7.13. The molecule has 0 atom stereocenters. The van der Waals surface area contributed by atoms with E-state index in [1.807, 2.05) is 0 Å². The molecule has 0 amide bonds. The number of benzene rings is 3. The van der Waals surface area contributed by atoms with Gasteiger partial charge >= 0.3 is 0 Å². The van der Waals surface area contributed by atoms with E-state index in [1.165, 1.54) is 21.9 Å². The van der Waals surface area contributed by atoms with Crippen LogP contribution in [0, 0.1) is 0 Å². The molecule has 136 valence electrons. The first-order valence-corrected chi connectivity index (χ1v) is 9.77. The fourth-order valence-electron chi connectivity index (χ4n) is 3.61. The molecule has 0 radical (unpaired) electrons. The van der Waals surface area contributed by atoms with Crippen LogP contribution in [0.1, 0.15) is 20.8 Å². The van der Waals surface area contributed by atoms with Crippen LogP contribution in [0.5, 0.6) is 5.75 Å². The number of nitrogens with zero attached hydrogens (tertiary/aromatic N) is 1. The van der Waals surface area contributed by atoms with Gasteiger partial charge in [0.05, 0.1) is 19.6 Å². The Kier molecular flexibility index (Phi) is 5.95. The van der Waals surface area contributed by atoms with Crippen LogP contribution in [0.2, 0.25) is 0 Å². The minimum absolute atomic E-state index is 0.769. The van der Waals surface area contributed by atoms with E-state index in [9.17, 15) is 0 Å². The SMILES string of the molecule is CC[N+](CC)(CC)CCOc1ccc(-c2ccc3ccccc3c2)cc1. The van der Waals surface area contributed by atoms with Gasteiger partial charge in [-0.3, -0.25) is 0 Å². The zero-order valence-electron chi connectivity index (χ0n) is 16.2. The Morgan fingerprint density at radius 3 is 1.96 bits per heavy atom. The average Bonchev–Trinajstić information content (AvgIpc) is 2.72. The van der Waals surface area contributed by atoms with Crippen molar-refractivity contribution in [1.29, 1.82) is 0 Å². The van der Waals surface area contributed by atoms with Gasteiger partial charge in [-0.15, -0.1) is 0 Å². The predicted molar refractivity (Wildman–Crippen MR) is 112 cm³/mol. The molecule has 0 aliphatic heterocycles. The molecule has 0 aromatic heterocycles. The van der Waals surface area contributed by atoms with E-state index in [0.717, 1.165) is 43.0 Å². The van der Waals surface area contributed by atoms with Crippen molar-refractivity contribution >= 4 is 10.8 Å². The van der Waals surface area contributed by atoms with Crippen LogP contribution in [0.25, 0.3) is 21.9 Å². The second-order valence-electron chi connectivity index (χ2n) is 6.95. The third-order valence-electron chi connectivity index (χ3n) is 5.78. The van der Waals surface area contributed by atoms with Crippen molar-refractivity contribution in [3.63, 3.8) is 0 Å². The zero-order chi connectivity index (χ0) is 18.4. The highest BCUT2D eigenvalue weighted by atomic mass is 16.5. The smallest absolute Gasteiger partial charge is 0.137 e. The fraction of sp³-hybridized carbons (Fsp3) is 0.333. The molecule has 0 unspecified atom stereocenters. The third kappa shape index (κ3) is 4.08. The van der Waals surface area contributed by atoms with Gasteiger partial charge in [0.2, 0.25) is 0 Å². The highest BCUT2D eigenvalue weighted by molar-refractivity contribution is 5.87. The van der Waals surface area contributed by atoms with Crippen LogP contribution in [0.3, 0.4) is 0 Å². The number of rotatable bonds is 8. The molecule has 2 nitrogen and oxygen atoms in total. The molecular formula is C24H30NO+. The lowest BCUT2D eigenvalue weighted by Gasteiger charge is -2.35. The van der Waals surface area contributed by atoms with Crippen molar-refractivity contribution in [2.24, 2.45) is 0 Å². The first-order valence-electron chi connectivity index (χ1n) is 9.77. The summed E-state index contributed by atoms with van der Waals surface area (Å²) in [5.74, 6) is 0.955.